The van der Waals surface area contributed by atoms with Crippen LogP contribution in [0.25, 0.3) is 0 Å². The zero-order valence-electron chi connectivity index (χ0n) is 23.3. The molecule has 1 aliphatic carbocycles. The van der Waals surface area contributed by atoms with Crippen molar-refractivity contribution in [2.75, 3.05) is 23.8 Å². The van der Waals surface area contributed by atoms with E-state index in [1.54, 1.807) is 0 Å². The van der Waals surface area contributed by atoms with Gasteiger partial charge >= 0.3 is 0 Å². The maximum Gasteiger partial charge on any atom is 0.227 e. The first kappa shape index (κ1) is 29.5. The van der Waals surface area contributed by atoms with Crippen LogP contribution in [0.4, 0.5) is 11.4 Å². The summed E-state index contributed by atoms with van der Waals surface area (Å²) in [6.45, 7) is 5.78. The van der Waals surface area contributed by atoms with Crippen LogP contribution in [0.15, 0.2) is 48.5 Å². The molecule has 0 spiro atoms. The molecule has 3 rings (SSSR count). The molecule has 0 bridgehead atoms. The average Bonchev–Trinajstić information content (AvgIpc) is 2.93. The third-order valence-corrected chi connectivity index (χ3v) is 7.21. The normalized spacial score (nSPS) is 17.0. The van der Waals surface area contributed by atoms with E-state index >= 15 is 0 Å². The third-order valence-electron chi connectivity index (χ3n) is 7.21. The van der Waals surface area contributed by atoms with E-state index < -0.39 is 0 Å². The number of carbonyl (C=O) groups is 2. The smallest absolute Gasteiger partial charge is 0.227 e. The molecule has 0 atom stereocenters. The lowest BCUT2D eigenvalue weighted by Gasteiger charge is -2.27. The van der Waals surface area contributed by atoms with Gasteiger partial charge < -0.3 is 20.1 Å². The molecular weight excluding hydrogens is 476 g/mol. The molecule has 6 heteroatoms. The van der Waals surface area contributed by atoms with Crippen molar-refractivity contribution in [3.63, 3.8) is 0 Å². The molecule has 2 aromatic carbocycles. The van der Waals surface area contributed by atoms with E-state index in [9.17, 15) is 9.59 Å². The van der Waals surface area contributed by atoms with Crippen LogP contribution in [0.5, 0.6) is 11.5 Å². The van der Waals surface area contributed by atoms with E-state index in [2.05, 4.69) is 24.5 Å². The zero-order chi connectivity index (χ0) is 27.0. The Kier molecular flexibility index (Phi) is 13.0. The molecule has 0 aromatic heterocycles. The predicted octanol–water partition coefficient (Wildman–Crippen LogP) is 7.99. The van der Waals surface area contributed by atoms with E-state index in [0.717, 1.165) is 35.7 Å². The maximum atomic E-state index is 12.9. The Morgan fingerprint density at radius 2 is 1.08 bits per heavy atom. The Morgan fingerprint density at radius 3 is 1.47 bits per heavy atom. The Hall–Kier alpha value is -3.02. The van der Waals surface area contributed by atoms with Gasteiger partial charge in [0.1, 0.15) is 11.5 Å². The van der Waals surface area contributed by atoms with Crippen molar-refractivity contribution in [2.45, 2.75) is 90.9 Å². The first-order valence-corrected chi connectivity index (χ1v) is 14.7. The first-order chi connectivity index (χ1) is 18.6. The summed E-state index contributed by atoms with van der Waals surface area (Å²) in [7, 11) is 0. The van der Waals surface area contributed by atoms with Gasteiger partial charge in [-0.3, -0.25) is 9.59 Å². The van der Waals surface area contributed by atoms with E-state index in [1.165, 1.54) is 38.5 Å². The van der Waals surface area contributed by atoms with E-state index in [4.69, 9.17) is 9.47 Å². The van der Waals surface area contributed by atoms with Crippen LogP contribution in [0, 0.1) is 11.8 Å². The van der Waals surface area contributed by atoms with Crippen molar-refractivity contribution in [3.8, 4) is 11.5 Å². The second-order valence-electron chi connectivity index (χ2n) is 10.4. The summed E-state index contributed by atoms with van der Waals surface area (Å²) in [5, 5.41) is 6.09. The molecule has 1 fully saturated rings. The van der Waals surface area contributed by atoms with Crippen LogP contribution in [0.1, 0.15) is 90.9 Å². The summed E-state index contributed by atoms with van der Waals surface area (Å²) in [5.41, 5.74) is 1.52. The average molecular weight is 523 g/mol. The van der Waals surface area contributed by atoms with Crippen molar-refractivity contribution in [3.05, 3.63) is 48.5 Å². The van der Waals surface area contributed by atoms with Crippen LogP contribution >= 0.6 is 0 Å². The molecule has 2 N–H and O–H groups in total. The highest BCUT2D eigenvalue weighted by atomic mass is 16.5. The van der Waals surface area contributed by atoms with Gasteiger partial charge in [-0.25, -0.2) is 0 Å². The van der Waals surface area contributed by atoms with Gasteiger partial charge in [-0.05, 0) is 62.8 Å². The SMILES string of the molecule is CCCCCCOc1cccc(NC(=O)C2CCC(C(=O)Nc3cccc(OCCCCCC)c3)CC2)c1. The number of anilines is 2. The fourth-order valence-corrected chi connectivity index (χ4v) is 4.87. The Balaban J connectivity index is 1.40. The Bertz CT molecular complexity index is 905. The topological polar surface area (TPSA) is 76.7 Å². The number of hydrogen-bond acceptors (Lipinski definition) is 4. The lowest BCUT2D eigenvalue weighted by molar-refractivity contribution is -0.125. The number of unbranched alkanes of at least 4 members (excludes halogenated alkanes) is 6. The lowest BCUT2D eigenvalue weighted by Crippen LogP contribution is -2.32. The fraction of sp³-hybridized carbons (Fsp3) is 0.562. The van der Waals surface area contributed by atoms with Crippen molar-refractivity contribution < 1.29 is 19.1 Å². The zero-order valence-corrected chi connectivity index (χ0v) is 23.3. The van der Waals surface area contributed by atoms with E-state index in [0.29, 0.717) is 38.9 Å². The summed E-state index contributed by atoms with van der Waals surface area (Å²) in [4.78, 5) is 25.8. The molecule has 0 aliphatic heterocycles. The minimum absolute atomic E-state index is 0.0211. The van der Waals surface area contributed by atoms with Crippen LogP contribution in [0.3, 0.4) is 0 Å². The standard InChI is InChI=1S/C32H46N2O4/c1-3-5-7-9-21-37-29-15-11-13-27(23-29)33-31(35)25-17-19-26(20-18-25)32(36)34-28-14-12-16-30(24-28)38-22-10-8-6-4-2/h11-16,23-26H,3-10,17-22H2,1-2H3,(H,33,35)(H,34,36). The predicted molar refractivity (Wildman–Crippen MR) is 155 cm³/mol. The number of amides is 2. The van der Waals surface area contributed by atoms with Crippen molar-refractivity contribution >= 4 is 23.2 Å². The molecule has 2 amide bonds. The summed E-state index contributed by atoms with van der Waals surface area (Å²) in [6.07, 6.45) is 12.1. The molecule has 2 aromatic rings. The number of hydrogen-bond donors (Lipinski definition) is 2. The van der Waals surface area contributed by atoms with Crippen LogP contribution in [-0.4, -0.2) is 25.0 Å². The van der Waals surface area contributed by atoms with Gasteiger partial charge in [0.15, 0.2) is 0 Å². The fourth-order valence-electron chi connectivity index (χ4n) is 4.87. The van der Waals surface area contributed by atoms with Gasteiger partial charge in [0.05, 0.1) is 13.2 Å². The van der Waals surface area contributed by atoms with Gasteiger partial charge in [0.2, 0.25) is 11.8 Å². The molecule has 208 valence electrons. The molecule has 0 radical (unpaired) electrons. The molecule has 0 saturated heterocycles. The summed E-state index contributed by atoms with van der Waals surface area (Å²) < 4.78 is 11.7. The number of nitrogens with one attached hydrogen (secondary N) is 2. The summed E-state index contributed by atoms with van der Waals surface area (Å²) in [6, 6.07) is 15.2. The Morgan fingerprint density at radius 1 is 0.658 bits per heavy atom. The first-order valence-electron chi connectivity index (χ1n) is 14.7. The monoisotopic (exact) mass is 522 g/mol. The van der Waals surface area contributed by atoms with Crippen LogP contribution < -0.4 is 20.1 Å². The van der Waals surface area contributed by atoms with Gasteiger partial charge in [0, 0.05) is 35.3 Å². The van der Waals surface area contributed by atoms with Gasteiger partial charge in [0.25, 0.3) is 0 Å². The van der Waals surface area contributed by atoms with Crippen molar-refractivity contribution in [1.29, 1.82) is 0 Å². The second kappa shape index (κ2) is 16.7. The highest BCUT2D eigenvalue weighted by molar-refractivity contribution is 5.94. The van der Waals surface area contributed by atoms with Crippen molar-refractivity contribution in [1.82, 2.24) is 0 Å². The number of benzene rings is 2. The lowest BCUT2D eigenvalue weighted by atomic mass is 9.81. The van der Waals surface area contributed by atoms with Crippen molar-refractivity contribution in [2.24, 2.45) is 11.8 Å². The minimum Gasteiger partial charge on any atom is -0.494 e. The van der Waals surface area contributed by atoms with Gasteiger partial charge in [-0.2, -0.15) is 0 Å². The molecule has 6 nitrogen and oxygen atoms in total. The molecule has 0 unspecified atom stereocenters. The summed E-state index contributed by atoms with van der Waals surface area (Å²) in [5.74, 6) is 1.45. The second-order valence-corrected chi connectivity index (χ2v) is 10.4. The maximum absolute atomic E-state index is 12.9. The number of ether oxygens (including phenoxy) is 2. The van der Waals surface area contributed by atoms with Gasteiger partial charge in [-0.1, -0.05) is 64.5 Å². The minimum atomic E-state index is -0.0814. The molecule has 38 heavy (non-hydrogen) atoms. The number of rotatable bonds is 16. The van der Waals surface area contributed by atoms with Crippen LogP contribution in [-0.2, 0) is 9.59 Å². The number of carbonyl (C=O) groups excluding carboxylic acids is 2. The highest BCUT2D eigenvalue weighted by Crippen LogP contribution is 2.31. The largest absolute Gasteiger partial charge is 0.494 e. The van der Waals surface area contributed by atoms with Gasteiger partial charge in [-0.15, -0.1) is 0 Å². The molecular formula is C32H46N2O4. The van der Waals surface area contributed by atoms with Crippen LogP contribution in [0.2, 0.25) is 0 Å². The summed E-state index contributed by atoms with van der Waals surface area (Å²) >= 11 is 0. The molecule has 1 saturated carbocycles. The molecule has 0 heterocycles. The Labute approximate surface area is 228 Å². The van der Waals surface area contributed by atoms with E-state index in [1.807, 2.05) is 48.5 Å². The quantitative estimate of drug-likeness (QED) is 0.219. The van der Waals surface area contributed by atoms with E-state index in [-0.39, 0.29) is 23.7 Å². The third kappa shape index (κ3) is 10.4. The molecule has 1 aliphatic rings. The highest BCUT2D eigenvalue weighted by Gasteiger charge is 2.30.